The highest BCUT2D eigenvalue weighted by atomic mass is 32.2. The quantitative estimate of drug-likeness (QED) is 0.880. The van der Waals surface area contributed by atoms with Crippen molar-refractivity contribution in [2.75, 3.05) is 13.2 Å². The summed E-state index contributed by atoms with van der Waals surface area (Å²) >= 11 is 1.41. The minimum absolute atomic E-state index is 0.0701. The van der Waals surface area contributed by atoms with Crippen molar-refractivity contribution < 1.29 is 13.9 Å². The summed E-state index contributed by atoms with van der Waals surface area (Å²) in [6.07, 6.45) is 0.658. The van der Waals surface area contributed by atoms with Gasteiger partial charge in [0.25, 0.3) is 0 Å². The Morgan fingerprint density at radius 1 is 1.33 bits per heavy atom. The number of fused-ring (bicyclic) bond motifs is 2. The number of rotatable bonds is 3. The summed E-state index contributed by atoms with van der Waals surface area (Å²) in [5.41, 5.74) is 7.11. The van der Waals surface area contributed by atoms with Crippen LogP contribution in [0, 0.1) is 11.7 Å². The molecular weight excluding hydrogens is 365 g/mol. The Morgan fingerprint density at radius 3 is 2.81 bits per heavy atom. The second kappa shape index (κ2) is 6.98. The van der Waals surface area contributed by atoms with Crippen molar-refractivity contribution in [3.8, 4) is 5.75 Å². The summed E-state index contributed by atoms with van der Waals surface area (Å²) in [7, 11) is 0. The van der Waals surface area contributed by atoms with Crippen molar-refractivity contribution in [3.63, 3.8) is 0 Å². The summed E-state index contributed by atoms with van der Waals surface area (Å²) in [6.45, 7) is 2.36. The third-order valence-electron chi connectivity index (χ3n) is 4.94. The average molecular weight is 385 g/mol. The average Bonchev–Trinajstić information content (AvgIpc) is 3.06. The first-order valence-electron chi connectivity index (χ1n) is 8.83. The molecule has 0 saturated carbocycles. The van der Waals surface area contributed by atoms with Gasteiger partial charge in [-0.3, -0.25) is 4.79 Å². The van der Waals surface area contributed by atoms with E-state index >= 15 is 0 Å². The van der Waals surface area contributed by atoms with Crippen molar-refractivity contribution in [2.45, 2.75) is 18.2 Å². The highest BCUT2D eigenvalue weighted by Crippen LogP contribution is 2.57. The van der Waals surface area contributed by atoms with Gasteiger partial charge in [0.2, 0.25) is 5.91 Å². The summed E-state index contributed by atoms with van der Waals surface area (Å²) < 4.78 is 20.4. The van der Waals surface area contributed by atoms with Gasteiger partial charge >= 0.3 is 0 Å². The second-order valence-electron chi connectivity index (χ2n) is 6.60. The van der Waals surface area contributed by atoms with Gasteiger partial charge in [0.05, 0.1) is 6.61 Å². The van der Waals surface area contributed by atoms with Crippen molar-refractivity contribution in [1.29, 1.82) is 0 Å². The number of amides is 1. The number of hydrogen-bond acceptors (Lipinski definition) is 5. The van der Waals surface area contributed by atoms with E-state index in [4.69, 9.17) is 10.5 Å². The molecule has 7 heteroatoms. The molecule has 2 N–H and O–H groups in total. The fourth-order valence-electron chi connectivity index (χ4n) is 3.74. The van der Waals surface area contributed by atoms with Crippen LogP contribution in [-0.2, 0) is 9.67 Å². The summed E-state index contributed by atoms with van der Waals surface area (Å²) in [6, 6.07) is 14.1. The molecule has 2 heterocycles. The van der Waals surface area contributed by atoms with E-state index in [1.807, 2.05) is 24.3 Å². The zero-order chi connectivity index (χ0) is 19.0. The molecule has 1 amide bonds. The fourth-order valence-corrected chi connectivity index (χ4v) is 5.32. The first kappa shape index (κ1) is 18.0. The lowest BCUT2D eigenvalue weighted by Gasteiger charge is -2.45. The Hall–Kier alpha value is -2.38. The number of carbonyl (C=O) groups is 1. The first-order chi connectivity index (χ1) is 13.1. The van der Waals surface area contributed by atoms with Crippen LogP contribution < -0.4 is 10.5 Å². The topological polar surface area (TPSA) is 67.9 Å². The molecule has 0 saturated heterocycles. The molecule has 0 unspecified atom stereocenters. The SMILES string of the molecule is CC(=O)N1N=C(c2ccccc2F)S[C@@]12c1ccccc1OC[C@@H]2CCN. The van der Waals surface area contributed by atoms with Crippen LogP contribution in [0.2, 0.25) is 0 Å². The zero-order valence-corrected chi connectivity index (χ0v) is 15.7. The number of thioether (sulfide) groups is 1. The Balaban J connectivity index is 1.89. The van der Waals surface area contributed by atoms with E-state index in [0.717, 1.165) is 11.3 Å². The van der Waals surface area contributed by atoms with Gasteiger partial charge < -0.3 is 10.5 Å². The molecule has 5 nitrogen and oxygen atoms in total. The number of ether oxygens (including phenoxy) is 1. The number of benzene rings is 2. The monoisotopic (exact) mass is 385 g/mol. The smallest absolute Gasteiger partial charge is 0.241 e. The number of halogens is 1. The van der Waals surface area contributed by atoms with Gasteiger partial charge in [-0.2, -0.15) is 5.10 Å². The molecule has 2 aliphatic rings. The minimum Gasteiger partial charge on any atom is -0.493 e. The molecule has 27 heavy (non-hydrogen) atoms. The lowest BCUT2D eigenvalue weighted by atomic mass is 9.86. The highest BCUT2D eigenvalue weighted by Gasteiger charge is 2.56. The molecule has 4 rings (SSSR count). The van der Waals surface area contributed by atoms with E-state index in [1.165, 1.54) is 29.8 Å². The maximum Gasteiger partial charge on any atom is 0.241 e. The minimum atomic E-state index is -0.794. The number of hydrogen-bond donors (Lipinski definition) is 1. The highest BCUT2D eigenvalue weighted by molar-refractivity contribution is 8.15. The third-order valence-corrected chi connectivity index (χ3v) is 6.47. The maximum atomic E-state index is 14.4. The van der Waals surface area contributed by atoms with Crippen molar-refractivity contribution in [1.82, 2.24) is 5.01 Å². The molecule has 140 valence electrons. The van der Waals surface area contributed by atoms with Crippen molar-refractivity contribution in [2.24, 2.45) is 16.8 Å². The third kappa shape index (κ3) is 2.82. The number of hydrazone groups is 1. The molecule has 0 aromatic heterocycles. The van der Waals surface area contributed by atoms with E-state index in [-0.39, 0.29) is 17.6 Å². The van der Waals surface area contributed by atoms with Crippen molar-refractivity contribution >= 4 is 22.7 Å². The van der Waals surface area contributed by atoms with Crippen LogP contribution in [0.3, 0.4) is 0 Å². The molecule has 0 bridgehead atoms. The van der Waals surface area contributed by atoms with Gasteiger partial charge in [-0.1, -0.05) is 42.1 Å². The summed E-state index contributed by atoms with van der Waals surface area (Å²) in [4.78, 5) is 11.8. The van der Waals surface area contributed by atoms with E-state index in [9.17, 15) is 9.18 Å². The molecule has 2 aromatic carbocycles. The van der Waals surface area contributed by atoms with Crippen LogP contribution in [0.15, 0.2) is 53.6 Å². The number of nitrogens with zero attached hydrogens (tertiary/aromatic N) is 2. The molecule has 2 aliphatic heterocycles. The van der Waals surface area contributed by atoms with Gasteiger partial charge in [-0.25, -0.2) is 9.40 Å². The van der Waals surface area contributed by atoms with Gasteiger partial charge in [-0.15, -0.1) is 0 Å². The molecular formula is C20H20FN3O2S. The van der Waals surface area contributed by atoms with Crippen LogP contribution in [0.25, 0.3) is 0 Å². The normalized spacial score (nSPS) is 23.7. The first-order valence-corrected chi connectivity index (χ1v) is 9.65. The largest absolute Gasteiger partial charge is 0.493 e. The molecule has 2 atom stereocenters. The Labute approximate surface area is 161 Å². The molecule has 0 radical (unpaired) electrons. The zero-order valence-electron chi connectivity index (χ0n) is 14.9. The molecule has 1 spiro atoms. The standard InChI is InChI=1S/C20H20FN3O2S/c1-13(25)24-20(27-19(23-24)15-6-2-4-8-17(15)21)14(10-11-22)12-26-18-9-5-3-7-16(18)20/h2-9,14H,10-12,22H2,1H3/t14-,20-/m0/s1. The predicted molar refractivity (Wildman–Crippen MR) is 104 cm³/mol. The Bertz CT molecular complexity index is 920. The van der Waals surface area contributed by atoms with Gasteiger partial charge in [0.15, 0.2) is 4.87 Å². The van der Waals surface area contributed by atoms with Crippen molar-refractivity contribution in [3.05, 3.63) is 65.5 Å². The van der Waals surface area contributed by atoms with E-state index in [1.54, 1.807) is 18.2 Å². The number of para-hydroxylation sites is 1. The second-order valence-corrected chi connectivity index (χ2v) is 7.81. The van der Waals surface area contributed by atoms with Crippen LogP contribution in [-0.4, -0.2) is 29.1 Å². The number of carbonyl (C=O) groups excluding carboxylic acids is 1. The van der Waals surface area contributed by atoms with E-state index < -0.39 is 4.87 Å². The molecule has 0 fully saturated rings. The Morgan fingerprint density at radius 2 is 2.07 bits per heavy atom. The molecule has 0 aliphatic carbocycles. The van der Waals surface area contributed by atoms with Crippen LogP contribution in [0.5, 0.6) is 5.75 Å². The van der Waals surface area contributed by atoms with E-state index in [2.05, 4.69) is 5.10 Å². The fraction of sp³-hybridized carbons (Fsp3) is 0.300. The van der Waals surface area contributed by atoms with E-state index in [0.29, 0.717) is 30.2 Å². The van der Waals surface area contributed by atoms with Gasteiger partial charge in [-0.05, 0) is 31.2 Å². The van der Waals surface area contributed by atoms with Crippen LogP contribution in [0.1, 0.15) is 24.5 Å². The predicted octanol–water partition coefficient (Wildman–Crippen LogP) is 3.29. The summed E-state index contributed by atoms with van der Waals surface area (Å²) in [5.74, 6) is 0.0846. The van der Waals surface area contributed by atoms with Gasteiger partial charge in [0.1, 0.15) is 16.6 Å². The van der Waals surface area contributed by atoms with Crippen LogP contribution >= 0.6 is 11.8 Å². The lowest BCUT2D eigenvalue weighted by Crippen LogP contribution is -2.51. The summed E-state index contributed by atoms with van der Waals surface area (Å²) in [5, 5.41) is 6.53. The van der Waals surface area contributed by atoms with Gasteiger partial charge in [0, 0.05) is 24.0 Å². The number of nitrogens with two attached hydrogens (primary N) is 1. The molecule has 2 aromatic rings. The Kier molecular flexibility index (Phi) is 4.65. The maximum absolute atomic E-state index is 14.4. The van der Waals surface area contributed by atoms with Crippen LogP contribution in [0.4, 0.5) is 4.39 Å². The lowest BCUT2D eigenvalue weighted by molar-refractivity contribution is -0.134.